The second-order valence-electron chi connectivity index (χ2n) is 3.37. The number of nitro groups is 1. The van der Waals surface area contributed by atoms with Crippen LogP contribution in [0.2, 0.25) is 0 Å². The van der Waals surface area contributed by atoms with Crippen LogP contribution in [-0.2, 0) is 0 Å². The minimum atomic E-state index is -0.527. The van der Waals surface area contributed by atoms with Crippen LogP contribution in [0.1, 0.15) is 18.4 Å². The molecular formula is C11H13NO4. The van der Waals surface area contributed by atoms with E-state index in [0.717, 1.165) is 0 Å². The Morgan fingerprint density at radius 3 is 2.69 bits per heavy atom. The Morgan fingerprint density at radius 1 is 1.62 bits per heavy atom. The van der Waals surface area contributed by atoms with Crippen molar-refractivity contribution in [2.24, 2.45) is 0 Å². The number of non-ortho nitro benzene ring substituents is 1. The lowest BCUT2D eigenvalue weighted by atomic mass is 9.99. The molecule has 5 nitrogen and oxygen atoms in total. The third-order valence-corrected chi connectivity index (χ3v) is 2.36. The molecule has 5 heteroatoms. The average molecular weight is 223 g/mol. The van der Waals surface area contributed by atoms with Crippen LogP contribution < -0.4 is 4.74 Å². The largest absolute Gasteiger partial charge is 0.504 e. The third-order valence-electron chi connectivity index (χ3n) is 2.36. The van der Waals surface area contributed by atoms with E-state index < -0.39 is 4.92 Å². The molecule has 0 bridgehead atoms. The smallest absolute Gasteiger partial charge is 0.273 e. The zero-order valence-electron chi connectivity index (χ0n) is 9.14. The fourth-order valence-electron chi connectivity index (χ4n) is 1.35. The molecule has 0 aliphatic carbocycles. The van der Waals surface area contributed by atoms with Gasteiger partial charge >= 0.3 is 0 Å². The number of phenolic OH excluding ortho intramolecular Hbond substituents is 1. The maximum atomic E-state index is 10.7. The van der Waals surface area contributed by atoms with Crippen molar-refractivity contribution in [3.05, 3.63) is 40.5 Å². The van der Waals surface area contributed by atoms with Gasteiger partial charge in [0, 0.05) is 17.5 Å². The molecule has 0 amide bonds. The predicted octanol–water partition coefficient (Wildman–Crippen LogP) is 2.60. The fraction of sp³-hybridized carbons (Fsp3) is 0.273. The van der Waals surface area contributed by atoms with E-state index in [1.54, 1.807) is 13.0 Å². The first-order valence-electron chi connectivity index (χ1n) is 4.69. The molecule has 16 heavy (non-hydrogen) atoms. The SMILES string of the molecule is C=CC(C)c1cc([N+](=O)[O-])cc(OC)c1O. The Bertz CT molecular complexity index is 428. The van der Waals surface area contributed by atoms with Crippen LogP contribution in [0, 0.1) is 10.1 Å². The summed E-state index contributed by atoms with van der Waals surface area (Å²) in [4.78, 5) is 10.2. The van der Waals surface area contributed by atoms with Gasteiger partial charge in [-0.25, -0.2) is 0 Å². The fourth-order valence-corrected chi connectivity index (χ4v) is 1.35. The highest BCUT2D eigenvalue weighted by atomic mass is 16.6. The highest BCUT2D eigenvalue weighted by molar-refractivity contribution is 5.55. The van der Waals surface area contributed by atoms with E-state index in [9.17, 15) is 15.2 Å². The van der Waals surface area contributed by atoms with E-state index in [4.69, 9.17) is 4.74 Å². The number of nitrogens with zero attached hydrogens (tertiary/aromatic N) is 1. The topological polar surface area (TPSA) is 72.6 Å². The van der Waals surface area contributed by atoms with E-state index in [0.29, 0.717) is 5.56 Å². The molecule has 0 radical (unpaired) electrons. The maximum absolute atomic E-state index is 10.7. The Morgan fingerprint density at radius 2 is 2.25 bits per heavy atom. The molecule has 1 rings (SSSR count). The van der Waals surface area contributed by atoms with Crippen LogP contribution in [0.25, 0.3) is 0 Å². The molecule has 0 heterocycles. The number of allylic oxidation sites excluding steroid dienone is 1. The Kier molecular flexibility index (Phi) is 3.50. The molecule has 0 fully saturated rings. The highest BCUT2D eigenvalue weighted by Gasteiger charge is 2.18. The molecule has 1 N–H and O–H groups in total. The van der Waals surface area contributed by atoms with Crippen molar-refractivity contribution in [1.29, 1.82) is 0 Å². The molecule has 0 aliphatic rings. The molecule has 0 spiro atoms. The van der Waals surface area contributed by atoms with Crippen molar-refractivity contribution in [3.8, 4) is 11.5 Å². The summed E-state index contributed by atoms with van der Waals surface area (Å²) in [5.41, 5.74) is 0.319. The van der Waals surface area contributed by atoms with Crippen molar-refractivity contribution in [2.75, 3.05) is 7.11 Å². The monoisotopic (exact) mass is 223 g/mol. The molecule has 86 valence electrons. The van der Waals surface area contributed by atoms with Gasteiger partial charge in [0.2, 0.25) is 0 Å². The number of phenols is 1. The van der Waals surface area contributed by atoms with Crippen LogP contribution in [-0.4, -0.2) is 17.1 Å². The first kappa shape index (κ1) is 12.0. The second-order valence-corrected chi connectivity index (χ2v) is 3.37. The van der Waals surface area contributed by atoms with E-state index in [-0.39, 0.29) is 23.1 Å². The number of methoxy groups -OCH3 is 1. The summed E-state index contributed by atoms with van der Waals surface area (Å²) in [5.74, 6) is -0.174. The van der Waals surface area contributed by atoms with Crippen LogP contribution in [0.5, 0.6) is 11.5 Å². The summed E-state index contributed by atoms with van der Waals surface area (Å²) in [7, 11) is 1.35. The number of nitro benzene ring substituents is 1. The first-order valence-corrected chi connectivity index (χ1v) is 4.69. The van der Waals surface area contributed by atoms with Gasteiger partial charge in [-0.2, -0.15) is 0 Å². The number of benzene rings is 1. The maximum Gasteiger partial charge on any atom is 0.273 e. The zero-order chi connectivity index (χ0) is 12.3. The summed E-state index contributed by atoms with van der Waals surface area (Å²) in [6.45, 7) is 5.37. The van der Waals surface area contributed by atoms with E-state index in [1.807, 2.05) is 0 Å². The van der Waals surface area contributed by atoms with Gasteiger partial charge in [-0.3, -0.25) is 10.1 Å². The molecule has 1 aromatic rings. The summed E-state index contributed by atoms with van der Waals surface area (Å²) in [5, 5.41) is 20.5. The van der Waals surface area contributed by atoms with Crippen molar-refractivity contribution in [1.82, 2.24) is 0 Å². The third kappa shape index (κ3) is 2.13. The first-order chi connectivity index (χ1) is 7.51. The predicted molar refractivity (Wildman–Crippen MR) is 59.9 cm³/mol. The molecule has 0 saturated heterocycles. The van der Waals surface area contributed by atoms with Gasteiger partial charge in [0.15, 0.2) is 11.5 Å². The van der Waals surface area contributed by atoms with Gasteiger partial charge in [-0.1, -0.05) is 13.0 Å². The van der Waals surface area contributed by atoms with Crippen LogP contribution in [0.3, 0.4) is 0 Å². The van der Waals surface area contributed by atoms with Gasteiger partial charge in [0.1, 0.15) is 0 Å². The van der Waals surface area contributed by atoms with Gasteiger partial charge in [-0.15, -0.1) is 6.58 Å². The Hall–Kier alpha value is -2.04. The molecule has 1 unspecified atom stereocenters. The highest BCUT2D eigenvalue weighted by Crippen LogP contribution is 2.38. The molecular weight excluding hydrogens is 210 g/mol. The van der Waals surface area contributed by atoms with Gasteiger partial charge in [0.05, 0.1) is 18.1 Å². The lowest BCUT2D eigenvalue weighted by molar-refractivity contribution is -0.385. The Labute approximate surface area is 93.1 Å². The van der Waals surface area contributed by atoms with E-state index in [1.165, 1.54) is 19.2 Å². The lowest BCUT2D eigenvalue weighted by Gasteiger charge is -2.11. The van der Waals surface area contributed by atoms with Gasteiger partial charge in [0.25, 0.3) is 5.69 Å². The van der Waals surface area contributed by atoms with Crippen molar-refractivity contribution >= 4 is 5.69 Å². The molecule has 1 aromatic carbocycles. The van der Waals surface area contributed by atoms with Crippen molar-refractivity contribution < 1.29 is 14.8 Å². The number of ether oxygens (including phenoxy) is 1. The summed E-state index contributed by atoms with van der Waals surface area (Å²) in [6.07, 6.45) is 1.60. The van der Waals surface area contributed by atoms with Crippen molar-refractivity contribution in [2.45, 2.75) is 12.8 Å². The van der Waals surface area contributed by atoms with Crippen LogP contribution in [0.15, 0.2) is 24.8 Å². The minimum Gasteiger partial charge on any atom is -0.504 e. The van der Waals surface area contributed by atoms with Crippen molar-refractivity contribution in [3.63, 3.8) is 0 Å². The van der Waals surface area contributed by atoms with Gasteiger partial charge in [-0.05, 0) is 0 Å². The summed E-state index contributed by atoms with van der Waals surface area (Å²) in [6, 6.07) is 2.51. The standard InChI is InChI=1S/C11H13NO4/c1-4-7(2)9-5-8(12(14)15)6-10(16-3)11(9)13/h4-7,13H,1H2,2-3H3. The quantitative estimate of drug-likeness (QED) is 0.483. The molecule has 1 atom stereocenters. The molecule has 0 saturated carbocycles. The summed E-state index contributed by atoms with van der Waals surface area (Å²) >= 11 is 0. The Balaban J connectivity index is 3.40. The summed E-state index contributed by atoms with van der Waals surface area (Å²) < 4.78 is 4.88. The van der Waals surface area contributed by atoms with E-state index in [2.05, 4.69) is 6.58 Å². The second kappa shape index (κ2) is 4.65. The average Bonchev–Trinajstić information content (AvgIpc) is 2.28. The van der Waals surface area contributed by atoms with Crippen LogP contribution >= 0.6 is 0 Å². The molecule has 0 aromatic heterocycles. The lowest BCUT2D eigenvalue weighted by Crippen LogP contribution is -1.96. The normalized spacial score (nSPS) is 11.9. The molecule has 0 aliphatic heterocycles. The van der Waals surface area contributed by atoms with Gasteiger partial charge < -0.3 is 9.84 Å². The van der Waals surface area contributed by atoms with E-state index >= 15 is 0 Å². The number of hydrogen-bond donors (Lipinski definition) is 1. The van der Waals surface area contributed by atoms with Crippen LogP contribution in [0.4, 0.5) is 5.69 Å². The number of rotatable bonds is 4. The number of hydrogen-bond acceptors (Lipinski definition) is 4. The number of aromatic hydroxyl groups is 1. The zero-order valence-corrected chi connectivity index (χ0v) is 9.14. The minimum absolute atomic E-state index is 0.0829.